The molecule has 6 nitrogen and oxygen atoms in total. The SMILES string of the molecule is COc1cc(C(=O)O)ccc1S(=O)(=O)N1CC[C@@H](F)C1. The second-order valence-corrected chi connectivity index (χ2v) is 6.33. The summed E-state index contributed by atoms with van der Waals surface area (Å²) in [6, 6.07) is 3.49. The number of carboxylic acids is 1. The summed E-state index contributed by atoms with van der Waals surface area (Å²) in [4.78, 5) is 10.7. The molecule has 0 radical (unpaired) electrons. The molecule has 0 aliphatic carbocycles. The highest BCUT2D eigenvalue weighted by atomic mass is 32.2. The fraction of sp³-hybridized carbons (Fsp3) is 0.417. The Balaban J connectivity index is 2.44. The van der Waals surface area contributed by atoms with E-state index in [9.17, 15) is 17.6 Å². The van der Waals surface area contributed by atoms with Crippen LogP contribution in [0, 0.1) is 0 Å². The van der Waals surface area contributed by atoms with E-state index in [2.05, 4.69) is 0 Å². The van der Waals surface area contributed by atoms with Gasteiger partial charge in [0.2, 0.25) is 10.0 Å². The van der Waals surface area contributed by atoms with E-state index in [1.807, 2.05) is 0 Å². The highest BCUT2D eigenvalue weighted by Crippen LogP contribution is 2.30. The second kappa shape index (κ2) is 5.37. The van der Waals surface area contributed by atoms with Crippen molar-refractivity contribution in [3.8, 4) is 5.75 Å². The van der Waals surface area contributed by atoms with Gasteiger partial charge in [0, 0.05) is 13.1 Å². The second-order valence-electron chi connectivity index (χ2n) is 4.42. The first-order valence-electron chi connectivity index (χ1n) is 5.92. The Kier molecular flexibility index (Phi) is 3.96. The number of alkyl halides is 1. The Morgan fingerprint density at radius 3 is 2.70 bits per heavy atom. The van der Waals surface area contributed by atoms with Gasteiger partial charge in [0.1, 0.15) is 16.8 Å². The van der Waals surface area contributed by atoms with E-state index in [-0.39, 0.29) is 35.7 Å². The van der Waals surface area contributed by atoms with E-state index in [0.29, 0.717) is 0 Å². The topological polar surface area (TPSA) is 83.9 Å². The lowest BCUT2D eigenvalue weighted by Gasteiger charge is -2.17. The van der Waals surface area contributed by atoms with Crippen molar-refractivity contribution in [1.29, 1.82) is 0 Å². The third-order valence-corrected chi connectivity index (χ3v) is 5.03. The lowest BCUT2D eigenvalue weighted by Crippen LogP contribution is -2.29. The largest absolute Gasteiger partial charge is 0.495 e. The number of rotatable bonds is 4. The number of carboxylic acid groups (broad SMARTS) is 1. The molecule has 1 saturated heterocycles. The summed E-state index contributed by atoms with van der Waals surface area (Å²) in [5.41, 5.74) is -0.0782. The van der Waals surface area contributed by atoms with Crippen LogP contribution < -0.4 is 4.74 Å². The first-order valence-corrected chi connectivity index (χ1v) is 7.36. The Bertz CT molecular complexity index is 631. The van der Waals surface area contributed by atoms with Gasteiger partial charge < -0.3 is 9.84 Å². The number of carbonyl (C=O) groups is 1. The van der Waals surface area contributed by atoms with Crippen LogP contribution in [0.3, 0.4) is 0 Å². The summed E-state index contributed by atoms with van der Waals surface area (Å²) in [7, 11) is -2.63. The van der Waals surface area contributed by atoms with Crippen molar-refractivity contribution in [3.05, 3.63) is 23.8 Å². The van der Waals surface area contributed by atoms with Crippen molar-refractivity contribution >= 4 is 16.0 Å². The van der Waals surface area contributed by atoms with Gasteiger partial charge in [0.15, 0.2) is 0 Å². The van der Waals surface area contributed by atoms with Gasteiger partial charge >= 0.3 is 5.97 Å². The molecule has 0 bridgehead atoms. The fourth-order valence-electron chi connectivity index (χ4n) is 2.06. The number of nitrogens with zero attached hydrogens (tertiary/aromatic N) is 1. The van der Waals surface area contributed by atoms with Crippen molar-refractivity contribution in [2.75, 3.05) is 20.2 Å². The Hall–Kier alpha value is -1.67. The zero-order valence-electron chi connectivity index (χ0n) is 10.7. The molecule has 0 unspecified atom stereocenters. The number of ether oxygens (including phenoxy) is 1. The van der Waals surface area contributed by atoms with Crippen LogP contribution in [0.2, 0.25) is 0 Å². The molecule has 1 aromatic rings. The van der Waals surface area contributed by atoms with E-state index in [0.717, 1.165) is 10.4 Å². The number of hydrogen-bond donors (Lipinski definition) is 1. The third kappa shape index (κ3) is 2.61. The van der Waals surface area contributed by atoms with Crippen molar-refractivity contribution < 1.29 is 27.4 Å². The van der Waals surface area contributed by atoms with Gasteiger partial charge in [0.25, 0.3) is 0 Å². The predicted octanol–water partition coefficient (Wildman–Crippen LogP) is 1.13. The summed E-state index contributed by atoms with van der Waals surface area (Å²) in [5, 5.41) is 8.88. The van der Waals surface area contributed by atoms with Crippen LogP contribution in [0.1, 0.15) is 16.8 Å². The molecule has 1 aliphatic heterocycles. The average Bonchev–Trinajstić information content (AvgIpc) is 2.85. The maximum atomic E-state index is 13.2. The number of aromatic carboxylic acids is 1. The molecule has 110 valence electrons. The molecule has 1 fully saturated rings. The molecule has 0 aromatic heterocycles. The highest BCUT2D eigenvalue weighted by Gasteiger charge is 2.34. The van der Waals surface area contributed by atoms with Crippen LogP contribution in [0.25, 0.3) is 0 Å². The lowest BCUT2D eigenvalue weighted by atomic mass is 10.2. The molecule has 0 saturated carbocycles. The van der Waals surface area contributed by atoms with Gasteiger partial charge in [-0.2, -0.15) is 4.31 Å². The van der Waals surface area contributed by atoms with E-state index in [4.69, 9.17) is 9.84 Å². The summed E-state index contributed by atoms with van der Waals surface area (Å²) >= 11 is 0. The van der Waals surface area contributed by atoms with Crippen LogP contribution in [0.5, 0.6) is 5.75 Å². The molecule has 1 heterocycles. The number of hydrogen-bond acceptors (Lipinski definition) is 4. The Morgan fingerprint density at radius 1 is 1.50 bits per heavy atom. The van der Waals surface area contributed by atoms with Gasteiger partial charge in [-0.25, -0.2) is 17.6 Å². The molecule has 2 rings (SSSR count). The molecule has 1 atom stereocenters. The Labute approximate surface area is 115 Å². The molecule has 20 heavy (non-hydrogen) atoms. The monoisotopic (exact) mass is 303 g/mol. The van der Waals surface area contributed by atoms with Crippen LogP contribution >= 0.6 is 0 Å². The first-order chi connectivity index (χ1) is 9.36. The number of methoxy groups -OCH3 is 1. The quantitative estimate of drug-likeness (QED) is 0.901. The molecule has 0 spiro atoms. The van der Waals surface area contributed by atoms with Crippen LogP contribution in [-0.4, -0.2) is 50.2 Å². The zero-order chi connectivity index (χ0) is 14.9. The van der Waals surface area contributed by atoms with Crippen molar-refractivity contribution in [3.63, 3.8) is 0 Å². The molecule has 0 amide bonds. The minimum atomic E-state index is -3.88. The normalized spacial score (nSPS) is 20.0. The molecular formula is C12H14FNO5S. The van der Waals surface area contributed by atoms with E-state index in [1.54, 1.807) is 0 Å². The van der Waals surface area contributed by atoms with Gasteiger partial charge in [-0.05, 0) is 24.6 Å². The zero-order valence-corrected chi connectivity index (χ0v) is 11.6. The first kappa shape index (κ1) is 14.7. The molecule has 1 N–H and O–H groups in total. The molecular weight excluding hydrogens is 289 g/mol. The van der Waals surface area contributed by atoms with Crippen molar-refractivity contribution in [2.24, 2.45) is 0 Å². The smallest absolute Gasteiger partial charge is 0.335 e. The lowest BCUT2D eigenvalue weighted by molar-refractivity contribution is 0.0696. The van der Waals surface area contributed by atoms with Crippen LogP contribution in [-0.2, 0) is 10.0 Å². The maximum Gasteiger partial charge on any atom is 0.335 e. The summed E-state index contributed by atoms with van der Waals surface area (Å²) in [6.45, 7) is -0.0838. The minimum absolute atomic E-state index is 0.0628. The highest BCUT2D eigenvalue weighted by molar-refractivity contribution is 7.89. The van der Waals surface area contributed by atoms with Gasteiger partial charge in [-0.1, -0.05) is 0 Å². The van der Waals surface area contributed by atoms with Gasteiger partial charge in [0.05, 0.1) is 12.7 Å². The number of sulfonamides is 1. The van der Waals surface area contributed by atoms with E-state index in [1.165, 1.54) is 19.2 Å². The number of benzene rings is 1. The van der Waals surface area contributed by atoms with E-state index < -0.39 is 22.2 Å². The van der Waals surface area contributed by atoms with Crippen LogP contribution in [0.15, 0.2) is 23.1 Å². The van der Waals surface area contributed by atoms with Crippen LogP contribution in [0.4, 0.5) is 4.39 Å². The summed E-state index contributed by atoms with van der Waals surface area (Å²) in [6.07, 6.45) is -1.01. The average molecular weight is 303 g/mol. The summed E-state index contributed by atoms with van der Waals surface area (Å²) in [5.74, 6) is -1.25. The number of halogens is 1. The molecule has 1 aliphatic rings. The predicted molar refractivity (Wildman–Crippen MR) is 68.2 cm³/mol. The molecule has 8 heteroatoms. The van der Waals surface area contributed by atoms with E-state index >= 15 is 0 Å². The van der Waals surface area contributed by atoms with Gasteiger partial charge in [-0.15, -0.1) is 0 Å². The standard InChI is InChI=1S/C12H14FNO5S/c1-19-10-6-8(12(15)16)2-3-11(10)20(17,18)14-5-4-9(13)7-14/h2-3,6,9H,4-5,7H2,1H3,(H,15,16)/t9-/m1/s1. The maximum absolute atomic E-state index is 13.2. The minimum Gasteiger partial charge on any atom is -0.495 e. The molecule has 1 aromatic carbocycles. The van der Waals surface area contributed by atoms with Crippen molar-refractivity contribution in [2.45, 2.75) is 17.5 Å². The fourth-order valence-corrected chi connectivity index (χ4v) is 3.68. The Morgan fingerprint density at radius 2 is 2.20 bits per heavy atom. The summed E-state index contributed by atoms with van der Waals surface area (Å²) < 4.78 is 43.9. The van der Waals surface area contributed by atoms with Gasteiger partial charge in [-0.3, -0.25) is 0 Å². The van der Waals surface area contributed by atoms with Crippen molar-refractivity contribution in [1.82, 2.24) is 4.31 Å². The third-order valence-electron chi connectivity index (χ3n) is 3.12.